The van der Waals surface area contributed by atoms with Gasteiger partial charge in [-0.2, -0.15) is 0 Å². The van der Waals surface area contributed by atoms with Crippen LogP contribution in [-0.4, -0.2) is 49.8 Å². The molecule has 1 N–H and O–H groups in total. The average molecular weight is 274 g/mol. The van der Waals surface area contributed by atoms with E-state index < -0.39 is 0 Å². The maximum Gasteiger partial charge on any atom is 0.0601 e. The molecule has 3 rings (SSSR count). The van der Waals surface area contributed by atoms with E-state index in [2.05, 4.69) is 40.5 Å². The number of nitrogens with one attached hydrogen (secondary N) is 1. The van der Waals surface area contributed by atoms with Gasteiger partial charge in [0.05, 0.1) is 6.10 Å². The van der Waals surface area contributed by atoms with Gasteiger partial charge in [0.25, 0.3) is 0 Å². The highest BCUT2D eigenvalue weighted by molar-refractivity contribution is 5.16. The summed E-state index contributed by atoms with van der Waals surface area (Å²) in [5.74, 6) is 0. The van der Waals surface area contributed by atoms with Crippen LogP contribution in [-0.2, 0) is 11.2 Å². The van der Waals surface area contributed by atoms with Crippen molar-refractivity contribution >= 4 is 0 Å². The van der Waals surface area contributed by atoms with Gasteiger partial charge in [-0.1, -0.05) is 30.3 Å². The minimum absolute atomic E-state index is 0.504. The van der Waals surface area contributed by atoms with Crippen LogP contribution in [0.1, 0.15) is 24.8 Å². The van der Waals surface area contributed by atoms with Crippen LogP contribution >= 0.6 is 0 Å². The first-order valence-corrected chi connectivity index (χ1v) is 7.89. The number of rotatable bonds is 4. The van der Waals surface area contributed by atoms with E-state index in [0.717, 1.165) is 19.0 Å². The first-order valence-electron chi connectivity index (χ1n) is 7.89. The number of hydrogen-bond acceptors (Lipinski definition) is 3. The Morgan fingerprint density at radius 1 is 1.25 bits per heavy atom. The molecule has 1 aromatic rings. The molecular formula is C17H26N2O. The third kappa shape index (κ3) is 3.40. The number of benzene rings is 1. The molecule has 3 heteroatoms. The summed E-state index contributed by atoms with van der Waals surface area (Å²) in [5.41, 5.74) is 1.44. The Hall–Kier alpha value is -0.900. The Labute approximate surface area is 122 Å². The zero-order valence-electron chi connectivity index (χ0n) is 12.4. The predicted octanol–water partition coefficient (Wildman–Crippen LogP) is 2.07. The van der Waals surface area contributed by atoms with Crippen LogP contribution in [0.5, 0.6) is 0 Å². The quantitative estimate of drug-likeness (QED) is 0.909. The summed E-state index contributed by atoms with van der Waals surface area (Å²) in [4.78, 5) is 2.68. The molecule has 2 aliphatic rings. The number of hydrogen-bond donors (Lipinski definition) is 1. The lowest BCUT2D eigenvalue weighted by Gasteiger charge is -2.42. The summed E-state index contributed by atoms with van der Waals surface area (Å²) in [6.45, 7) is 3.56. The van der Waals surface area contributed by atoms with Crippen LogP contribution in [0.2, 0.25) is 0 Å². The number of ether oxygens (including phenoxy) is 1. The van der Waals surface area contributed by atoms with Crippen LogP contribution in [0.15, 0.2) is 30.3 Å². The summed E-state index contributed by atoms with van der Waals surface area (Å²) in [6.07, 6.45) is 5.34. The molecule has 3 nitrogen and oxygen atoms in total. The molecule has 110 valence electrons. The number of methoxy groups -OCH3 is 1. The van der Waals surface area contributed by atoms with Crippen molar-refractivity contribution in [3.05, 3.63) is 35.9 Å². The van der Waals surface area contributed by atoms with E-state index in [9.17, 15) is 0 Å². The fourth-order valence-electron chi connectivity index (χ4n) is 3.42. The molecule has 1 heterocycles. The second-order valence-corrected chi connectivity index (χ2v) is 6.17. The van der Waals surface area contributed by atoms with Gasteiger partial charge in [0.2, 0.25) is 0 Å². The maximum absolute atomic E-state index is 5.42. The maximum atomic E-state index is 5.42. The van der Waals surface area contributed by atoms with Crippen molar-refractivity contribution in [2.45, 2.75) is 43.9 Å². The van der Waals surface area contributed by atoms with Crippen molar-refractivity contribution in [3.63, 3.8) is 0 Å². The molecule has 0 aromatic heterocycles. The fraction of sp³-hybridized carbons (Fsp3) is 0.647. The van der Waals surface area contributed by atoms with Crippen LogP contribution < -0.4 is 5.32 Å². The van der Waals surface area contributed by atoms with Crippen molar-refractivity contribution in [3.8, 4) is 0 Å². The highest BCUT2D eigenvalue weighted by Crippen LogP contribution is 2.28. The van der Waals surface area contributed by atoms with Crippen LogP contribution in [0.3, 0.4) is 0 Å². The molecule has 0 radical (unpaired) electrons. The molecule has 1 aromatic carbocycles. The smallest absolute Gasteiger partial charge is 0.0601 e. The van der Waals surface area contributed by atoms with E-state index >= 15 is 0 Å². The summed E-state index contributed by atoms with van der Waals surface area (Å²) >= 11 is 0. The van der Waals surface area contributed by atoms with Gasteiger partial charge < -0.3 is 10.1 Å². The van der Waals surface area contributed by atoms with Gasteiger partial charge in [0, 0.05) is 25.7 Å². The first kappa shape index (κ1) is 14.1. The van der Waals surface area contributed by atoms with E-state index in [1.54, 1.807) is 0 Å². The molecule has 0 bridgehead atoms. The Morgan fingerprint density at radius 3 is 2.80 bits per heavy atom. The molecule has 1 aliphatic carbocycles. The molecule has 1 unspecified atom stereocenters. The normalized spacial score (nSPS) is 31.6. The van der Waals surface area contributed by atoms with Gasteiger partial charge in [0.1, 0.15) is 0 Å². The number of nitrogens with zero attached hydrogens (tertiary/aromatic N) is 1. The second-order valence-electron chi connectivity index (χ2n) is 6.17. The van der Waals surface area contributed by atoms with Gasteiger partial charge in [-0.25, -0.2) is 0 Å². The monoisotopic (exact) mass is 274 g/mol. The van der Waals surface area contributed by atoms with Crippen LogP contribution in [0, 0.1) is 0 Å². The second kappa shape index (κ2) is 6.70. The zero-order valence-corrected chi connectivity index (χ0v) is 12.4. The molecule has 20 heavy (non-hydrogen) atoms. The summed E-state index contributed by atoms with van der Waals surface area (Å²) in [6, 6.07) is 12.2. The molecule has 1 aliphatic heterocycles. The molecule has 1 saturated carbocycles. The van der Waals surface area contributed by atoms with Gasteiger partial charge in [0.15, 0.2) is 0 Å². The largest absolute Gasteiger partial charge is 0.381 e. The summed E-state index contributed by atoms with van der Waals surface area (Å²) < 4.78 is 5.42. The van der Waals surface area contributed by atoms with Crippen LogP contribution in [0.25, 0.3) is 0 Å². The highest BCUT2D eigenvalue weighted by atomic mass is 16.5. The summed E-state index contributed by atoms with van der Waals surface area (Å²) in [5, 5.41) is 3.72. The van der Waals surface area contributed by atoms with E-state index in [-0.39, 0.29) is 0 Å². The molecule has 0 spiro atoms. The lowest BCUT2D eigenvalue weighted by Crippen LogP contribution is -2.51. The molecule has 1 saturated heterocycles. The van der Waals surface area contributed by atoms with E-state index in [4.69, 9.17) is 4.74 Å². The Morgan fingerprint density at radius 2 is 2.05 bits per heavy atom. The topological polar surface area (TPSA) is 24.5 Å². The van der Waals surface area contributed by atoms with Gasteiger partial charge in [-0.15, -0.1) is 0 Å². The predicted molar refractivity (Wildman–Crippen MR) is 81.9 cm³/mol. The average Bonchev–Trinajstić information content (AvgIpc) is 2.64. The fourth-order valence-corrected chi connectivity index (χ4v) is 3.42. The van der Waals surface area contributed by atoms with Crippen molar-refractivity contribution < 1.29 is 4.74 Å². The Kier molecular flexibility index (Phi) is 4.71. The standard InChI is InChI=1S/C17H26N2O/c1-20-17-11-16(12-17)19-9-5-8-18-15(13-19)10-14-6-3-2-4-7-14/h2-4,6-7,15-18H,5,8-13H2,1H3. The lowest BCUT2D eigenvalue weighted by molar-refractivity contribution is -0.0274. The van der Waals surface area contributed by atoms with Gasteiger partial charge >= 0.3 is 0 Å². The van der Waals surface area contributed by atoms with E-state index in [1.165, 1.54) is 37.9 Å². The Balaban J connectivity index is 1.55. The van der Waals surface area contributed by atoms with Crippen molar-refractivity contribution in [1.82, 2.24) is 10.2 Å². The van der Waals surface area contributed by atoms with Crippen molar-refractivity contribution in [1.29, 1.82) is 0 Å². The summed E-state index contributed by atoms with van der Waals surface area (Å²) in [7, 11) is 1.84. The van der Waals surface area contributed by atoms with E-state index in [1.807, 2.05) is 7.11 Å². The minimum atomic E-state index is 0.504. The highest BCUT2D eigenvalue weighted by Gasteiger charge is 2.34. The van der Waals surface area contributed by atoms with Gasteiger partial charge in [-0.3, -0.25) is 4.90 Å². The van der Waals surface area contributed by atoms with Crippen molar-refractivity contribution in [2.24, 2.45) is 0 Å². The van der Waals surface area contributed by atoms with Crippen molar-refractivity contribution in [2.75, 3.05) is 26.7 Å². The van der Waals surface area contributed by atoms with E-state index in [0.29, 0.717) is 12.1 Å². The SMILES string of the molecule is COC1CC(N2CCCNC(Cc3ccccc3)C2)C1. The van der Waals surface area contributed by atoms with Gasteiger partial charge in [-0.05, 0) is 44.3 Å². The third-order valence-electron chi connectivity index (χ3n) is 4.75. The zero-order chi connectivity index (χ0) is 13.8. The molecule has 2 fully saturated rings. The lowest BCUT2D eigenvalue weighted by atomic mass is 9.87. The third-order valence-corrected chi connectivity index (χ3v) is 4.75. The molecule has 1 atom stereocenters. The Bertz CT molecular complexity index is 403. The first-order chi connectivity index (χ1) is 9.85. The molecular weight excluding hydrogens is 248 g/mol. The minimum Gasteiger partial charge on any atom is -0.381 e. The van der Waals surface area contributed by atoms with Crippen LogP contribution in [0.4, 0.5) is 0 Å². The molecule has 0 amide bonds.